The van der Waals surface area contributed by atoms with Crippen molar-refractivity contribution in [3.8, 4) is 0 Å². The molecule has 0 radical (unpaired) electrons. The summed E-state index contributed by atoms with van der Waals surface area (Å²) >= 11 is 0. The number of aromatic nitrogens is 2. The lowest BCUT2D eigenvalue weighted by Gasteiger charge is -2.32. The molecule has 0 aliphatic carbocycles. The van der Waals surface area contributed by atoms with Crippen molar-refractivity contribution in [3.63, 3.8) is 0 Å². The van der Waals surface area contributed by atoms with E-state index in [1.807, 2.05) is 6.07 Å². The Morgan fingerprint density at radius 1 is 1.17 bits per heavy atom. The van der Waals surface area contributed by atoms with Crippen molar-refractivity contribution in [1.29, 1.82) is 0 Å². The molecule has 1 amide bonds. The Hall–Kier alpha value is -2.52. The molecule has 9 heteroatoms. The maximum absolute atomic E-state index is 13.1. The Morgan fingerprint density at radius 3 is 2.76 bits per heavy atom. The summed E-state index contributed by atoms with van der Waals surface area (Å²) < 4.78 is 27.8. The van der Waals surface area contributed by atoms with Gasteiger partial charge in [0.2, 0.25) is 15.9 Å². The normalized spacial score (nSPS) is 22.7. The number of rotatable bonds is 4. The summed E-state index contributed by atoms with van der Waals surface area (Å²) in [5.41, 5.74) is 0.661. The maximum Gasteiger partial charge on any atom is 0.244 e. The summed E-state index contributed by atoms with van der Waals surface area (Å²) in [6.07, 6.45) is 7.70. The average molecular weight is 416 g/mol. The number of nitrogens with zero attached hydrogens (tertiary/aromatic N) is 4. The predicted octanol–water partition coefficient (Wildman–Crippen LogP) is 2.11. The Labute approximate surface area is 171 Å². The van der Waals surface area contributed by atoms with E-state index >= 15 is 0 Å². The van der Waals surface area contributed by atoms with Crippen molar-refractivity contribution in [2.75, 3.05) is 29.9 Å². The van der Waals surface area contributed by atoms with Crippen LogP contribution in [0.5, 0.6) is 0 Å². The number of hydrogen-bond donors (Lipinski definition) is 1. The number of anilines is 2. The monoisotopic (exact) mass is 415 g/mol. The Kier molecular flexibility index (Phi) is 5.51. The van der Waals surface area contributed by atoms with Gasteiger partial charge in [0, 0.05) is 51.2 Å². The number of sulfonamides is 1. The molecule has 2 aromatic heterocycles. The van der Waals surface area contributed by atoms with Crippen LogP contribution in [0.4, 0.5) is 11.5 Å². The summed E-state index contributed by atoms with van der Waals surface area (Å²) in [5.74, 6) is 0.772. The van der Waals surface area contributed by atoms with Gasteiger partial charge in [0.1, 0.15) is 4.90 Å². The minimum absolute atomic E-state index is 0.0198. The molecule has 0 bridgehead atoms. The number of carbonyl (C=O) groups excluding carboxylic acids is 1. The molecule has 154 valence electrons. The molecule has 0 unspecified atom stereocenters. The van der Waals surface area contributed by atoms with Gasteiger partial charge in [-0.15, -0.1) is 0 Å². The van der Waals surface area contributed by atoms with Crippen molar-refractivity contribution in [2.24, 2.45) is 5.92 Å². The van der Waals surface area contributed by atoms with Crippen LogP contribution >= 0.6 is 0 Å². The van der Waals surface area contributed by atoms with E-state index in [4.69, 9.17) is 0 Å². The van der Waals surface area contributed by atoms with E-state index in [0.29, 0.717) is 24.6 Å². The van der Waals surface area contributed by atoms with Crippen LogP contribution < -0.4 is 10.2 Å². The van der Waals surface area contributed by atoms with Gasteiger partial charge >= 0.3 is 0 Å². The highest BCUT2D eigenvalue weighted by Crippen LogP contribution is 2.37. The van der Waals surface area contributed by atoms with Gasteiger partial charge < -0.3 is 10.2 Å². The van der Waals surface area contributed by atoms with E-state index in [0.717, 1.165) is 25.8 Å². The zero-order chi connectivity index (χ0) is 20.4. The number of hydrogen-bond acceptors (Lipinski definition) is 6. The van der Waals surface area contributed by atoms with Crippen LogP contribution in [0.2, 0.25) is 0 Å². The first-order chi connectivity index (χ1) is 14.0. The third kappa shape index (κ3) is 3.97. The standard InChI is InChI=1S/C20H25N5O3S/c1-15(26)23-18-8-5-10-22-20(18)25-11-3-2-6-16-13-24(14-19(16)25)29(27,28)17-7-4-9-21-12-17/h4-5,7-10,12,16,19H,2-3,6,11,13-14H2,1H3,(H,23,26)/t16-,19+/m1/s1. The summed E-state index contributed by atoms with van der Waals surface area (Å²) in [7, 11) is -3.59. The van der Waals surface area contributed by atoms with Crippen LogP contribution in [0.25, 0.3) is 0 Å². The second-order valence-electron chi connectivity index (χ2n) is 7.58. The van der Waals surface area contributed by atoms with E-state index in [2.05, 4.69) is 20.2 Å². The van der Waals surface area contributed by atoms with Gasteiger partial charge in [-0.1, -0.05) is 6.42 Å². The van der Waals surface area contributed by atoms with Crippen LogP contribution in [0.1, 0.15) is 26.2 Å². The molecule has 29 heavy (non-hydrogen) atoms. The van der Waals surface area contributed by atoms with Crippen LogP contribution in [-0.2, 0) is 14.8 Å². The van der Waals surface area contributed by atoms with E-state index in [9.17, 15) is 13.2 Å². The molecule has 2 saturated heterocycles. The topological polar surface area (TPSA) is 95.5 Å². The fraction of sp³-hybridized carbons (Fsp3) is 0.450. The molecule has 2 aromatic rings. The van der Waals surface area contributed by atoms with Gasteiger partial charge in [-0.25, -0.2) is 13.4 Å². The van der Waals surface area contributed by atoms with E-state index in [1.165, 1.54) is 13.1 Å². The SMILES string of the molecule is CC(=O)Nc1cccnc1N1CCCC[C@@H]2CN(S(=O)(=O)c3cccnc3)C[C@@H]21. The molecular weight excluding hydrogens is 390 g/mol. The van der Waals surface area contributed by atoms with E-state index in [1.54, 1.807) is 34.9 Å². The van der Waals surface area contributed by atoms with Gasteiger partial charge in [0.05, 0.1) is 5.69 Å². The first-order valence-corrected chi connectivity index (χ1v) is 11.3. The lowest BCUT2D eigenvalue weighted by molar-refractivity contribution is -0.114. The first-order valence-electron chi connectivity index (χ1n) is 9.86. The van der Waals surface area contributed by atoms with Gasteiger partial charge in [0.15, 0.2) is 5.82 Å². The second kappa shape index (κ2) is 8.08. The highest BCUT2D eigenvalue weighted by atomic mass is 32.2. The fourth-order valence-electron chi connectivity index (χ4n) is 4.33. The quantitative estimate of drug-likeness (QED) is 0.822. The molecule has 1 N–H and O–H groups in total. The van der Waals surface area contributed by atoms with Crippen LogP contribution in [0.15, 0.2) is 47.8 Å². The fourth-order valence-corrected chi connectivity index (χ4v) is 5.81. The lowest BCUT2D eigenvalue weighted by Crippen LogP contribution is -2.42. The predicted molar refractivity (Wildman–Crippen MR) is 110 cm³/mol. The summed E-state index contributed by atoms with van der Waals surface area (Å²) in [4.78, 5) is 22.5. The highest BCUT2D eigenvalue weighted by Gasteiger charge is 2.43. The van der Waals surface area contributed by atoms with Crippen molar-refractivity contribution < 1.29 is 13.2 Å². The Bertz CT molecular complexity index is 983. The van der Waals surface area contributed by atoms with Crippen molar-refractivity contribution in [2.45, 2.75) is 37.1 Å². The summed E-state index contributed by atoms with van der Waals surface area (Å²) in [6, 6.07) is 6.87. The molecule has 0 aromatic carbocycles. The van der Waals surface area contributed by atoms with Crippen LogP contribution in [0, 0.1) is 5.92 Å². The molecule has 0 spiro atoms. The molecule has 0 saturated carbocycles. The van der Waals surface area contributed by atoms with Crippen molar-refractivity contribution in [1.82, 2.24) is 14.3 Å². The first kappa shape index (κ1) is 19.8. The average Bonchev–Trinajstić information content (AvgIpc) is 3.04. The zero-order valence-corrected chi connectivity index (χ0v) is 17.2. The van der Waals surface area contributed by atoms with Gasteiger partial charge in [-0.05, 0) is 43.0 Å². The smallest absolute Gasteiger partial charge is 0.244 e. The zero-order valence-electron chi connectivity index (χ0n) is 16.4. The third-order valence-electron chi connectivity index (χ3n) is 5.64. The molecule has 2 fully saturated rings. The number of pyridine rings is 2. The maximum atomic E-state index is 13.1. The number of nitrogens with one attached hydrogen (secondary N) is 1. The largest absolute Gasteiger partial charge is 0.350 e. The number of fused-ring (bicyclic) bond motifs is 1. The molecule has 8 nitrogen and oxygen atoms in total. The molecule has 4 rings (SSSR count). The van der Waals surface area contributed by atoms with E-state index in [-0.39, 0.29) is 22.8 Å². The second-order valence-corrected chi connectivity index (χ2v) is 9.52. The van der Waals surface area contributed by atoms with Crippen molar-refractivity contribution >= 4 is 27.4 Å². The minimum Gasteiger partial charge on any atom is -0.350 e. The lowest BCUT2D eigenvalue weighted by atomic mass is 9.98. The molecular formula is C20H25N5O3S. The summed E-state index contributed by atoms with van der Waals surface area (Å²) in [5, 5.41) is 2.86. The highest BCUT2D eigenvalue weighted by molar-refractivity contribution is 7.89. The van der Waals surface area contributed by atoms with Crippen molar-refractivity contribution in [3.05, 3.63) is 42.9 Å². The van der Waals surface area contributed by atoms with Gasteiger partial charge in [0.25, 0.3) is 0 Å². The van der Waals surface area contributed by atoms with E-state index < -0.39 is 10.0 Å². The van der Waals surface area contributed by atoms with Crippen LogP contribution in [0.3, 0.4) is 0 Å². The minimum atomic E-state index is -3.59. The molecule has 2 aliphatic heterocycles. The molecule has 2 aliphatic rings. The Morgan fingerprint density at radius 2 is 2.00 bits per heavy atom. The van der Waals surface area contributed by atoms with Crippen LogP contribution in [-0.4, -0.2) is 54.3 Å². The molecule has 4 heterocycles. The number of carbonyl (C=O) groups is 1. The number of amides is 1. The molecule has 2 atom stereocenters. The summed E-state index contributed by atoms with van der Waals surface area (Å²) in [6.45, 7) is 3.14. The third-order valence-corrected chi connectivity index (χ3v) is 7.45. The van der Waals surface area contributed by atoms with Gasteiger partial charge in [-0.2, -0.15) is 4.31 Å². The Balaban J connectivity index is 1.65. The van der Waals surface area contributed by atoms with Gasteiger partial charge in [-0.3, -0.25) is 9.78 Å².